The van der Waals surface area contributed by atoms with E-state index >= 15 is 0 Å². The second kappa shape index (κ2) is 8.65. The van der Waals surface area contributed by atoms with Gasteiger partial charge in [-0.3, -0.25) is 4.57 Å². The summed E-state index contributed by atoms with van der Waals surface area (Å²) in [5, 5.41) is 1.58. The van der Waals surface area contributed by atoms with E-state index in [4.69, 9.17) is 4.76 Å². The van der Waals surface area contributed by atoms with Crippen LogP contribution in [0.4, 0.5) is 0 Å². The quantitative estimate of drug-likeness (QED) is 0.280. The highest BCUT2D eigenvalue weighted by Crippen LogP contribution is 2.46. The predicted molar refractivity (Wildman–Crippen MR) is 129 cm³/mol. The van der Waals surface area contributed by atoms with Crippen molar-refractivity contribution in [2.75, 3.05) is 0 Å². The largest absolute Gasteiger partial charge is 0.288 e. The third kappa shape index (κ3) is 4.06. The smallest absolute Gasteiger partial charge is 0.247 e. The van der Waals surface area contributed by atoms with Crippen molar-refractivity contribution in [3.05, 3.63) is 120 Å². The van der Waals surface area contributed by atoms with E-state index in [-0.39, 0.29) is 0 Å². The van der Waals surface area contributed by atoms with Crippen LogP contribution in [0, 0.1) is 13.8 Å². The Morgan fingerprint density at radius 1 is 0.600 bits per heavy atom. The molecule has 0 saturated carbocycles. The van der Waals surface area contributed by atoms with Crippen LogP contribution in [0.15, 0.2) is 108 Å². The van der Waals surface area contributed by atoms with Gasteiger partial charge in [0.05, 0.1) is 0 Å². The Morgan fingerprint density at radius 3 is 1.60 bits per heavy atom. The van der Waals surface area contributed by atoms with Gasteiger partial charge in [-0.05, 0) is 53.8 Å². The molecule has 2 nitrogen and oxygen atoms in total. The van der Waals surface area contributed by atoms with Gasteiger partial charge in [0, 0.05) is 16.8 Å². The summed E-state index contributed by atoms with van der Waals surface area (Å²) in [6, 6.07) is 34.1. The summed E-state index contributed by atoms with van der Waals surface area (Å²) in [6.07, 6.45) is 1.74. The number of hydrogen-bond donors (Lipinski definition) is 0. The fraction of sp³-hybridized carbons (Fsp3) is 0.0741. The maximum absolute atomic E-state index is 14.3. The average molecular weight is 409 g/mol. The highest BCUT2D eigenvalue weighted by molar-refractivity contribution is 7.77. The zero-order chi connectivity index (χ0) is 21.0. The zero-order valence-electron chi connectivity index (χ0n) is 17.2. The predicted octanol–water partition coefficient (Wildman–Crippen LogP) is 6.32. The van der Waals surface area contributed by atoms with Crippen LogP contribution < -0.4 is 10.6 Å². The summed E-state index contributed by atoms with van der Waals surface area (Å²) >= 11 is 0. The SMILES string of the molecule is Cc1ccccc1P(=O)(/N=C\c1ccc(-c2ccccc2)cc1)c1ccccc1C. The molecule has 0 unspecified atom stereocenters. The molecule has 0 atom stereocenters. The van der Waals surface area contributed by atoms with Gasteiger partial charge in [-0.15, -0.1) is 0 Å². The second-order valence-corrected chi connectivity index (χ2v) is 9.73. The van der Waals surface area contributed by atoms with Gasteiger partial charge < -0.3 is 0 Å². The van der Waals surface area contributed by atoms with Crippen molar-refractivity contribution in [2.45, 2.75) is 13.8 Å². The molecule has 30 heavy (non-hydrogen) atoms. The Hall–Kier alpha value is -3.22. The van der Waals surface area contributed by atoms with Gasteiger partial charge in [-0.1, -0.05) is 91.0 Å². The van der Waals surface area contributed by atoms with E-state index in [1.807, 2.05) is 92.7 Å². The van der Waals surface area contributed by atoms with Crippen LogP contribution in [0.1, 0.15) is 16.7 Å². The lowest BCUT2D eigenvalue weighted by atomic mass is 10.0. The molecule has 148 valence electrons. The van der Waals surface area contributed by atoms with E-state index in [1.54, 1.807) is 6.21 Å². The molecule has 0 heterocycles. The Labute approximate surface area is 178 Å². The Bertz CT molecular complexity index is 1180. The maximum Gasteiger partial charge on any atom is 0.247 e. The summed E-state index contributed by atoms with van der Waals surface area (Å²) in [6.45, 7) is 3.98. The molecule has 4 aromatic carbocycles. The molecule has 4 aromatic rings. The molecule has 0 amide bonds. The van der Waals surface area contributed by atoms with Crippen LogP contribution in [-0.4, -0.2) is 6.21 Å². The normalized spacial score (nSPS) is 11.7. The summed E-state index contributed by atoms with van der Waals surface area (Å²) in [4.78, 5) is 0. The lowest BCUT2D eigenvalue weighted by Crippen LogP contribution is -2.19. The molecule has 0 fully saturated rings. The van der Waals surface area contributed by atoms with Gasteiger partial charge in [-0.2, -0.15) is 0 Å². The van der Waals surface area contributed by atoms with E-state index in [1.165, 1.54) is 5.56 Å². The van der Waals surface area contributed by atoms with Gasteiger partial charge >= 0.3 is 0 Å². The standard InChI is InChI=1S/C27H24NOP/c1-21-10-6-8-14-26(21)30(29,27-15-9-7-11-22(27)2)28-20-23-16-18-25(19-17-23)24-12-4-3-5-13-24/h3-20H,1-2H3/b28-20-. The van der Waals surface area contributed by atoms with Gasteiger partial charge in [0.2, 0.25) is 7.29 Å². The molecule has 0 aliphatic carbocycles. The molecule has 0 aromatic heterocycles. The number of nitrogens with zero attached hydrogens (tertiary/aromatic N) is 1. The van der Waals surface area contributed by atoms with Crippen LogP contribution in [0.5, 0.6) is 0 Å². The van der Waals surface area contributed by atoms with Crippen LogP contribution >= 0.6 is 7.29 Å². The number of benzene rings is 4. The molecule has 0 radical (unpaired) electrons. The molecule has 3 heteroatoms. The first kappa shape index (κ1) is 20.1. The average Bonchev–Trinajstić information content (AvgIpc) is 2.79. The summed E-state index contributed by atoms with van der Waals surface area (Å²) in [5.74, 6) is 0. The number of rotatable bonds is 5. The lowest BCUT2D eigenvalue weighted by molar-refractivity contribution is 0.588. The molecule has 0 aliphatic rings. The maximum atomic E-state index is 14.3. The molecule has 0 aliphatic heterocycles. The van der Waals surface area contributed by atoms with E-state index in [0.29, 0.717) is 0 Å². The van der Waals surface area contributed by atoms with E-state index in [0.717, 1.165) is 32.9 Å². The number of hydrogen-bond acceptors (Lipinski definition) is 1. The van der Waals surface area contributed by atoms with E-state index in [9.17, 15) is 4.57 Å². The molecule has 4 rings (SSSR count). The fourth-order valence-electron chi connectivity index (χ4n) is 3.60. The Kier molecular flexibility index (Phi) is 5.79. The van der Waals surface area contributed by atoms with E-state index in [2.05, 4.69) is 24.3 Å². The van der Waals surface area contributed by atoms with Crippen LogP contribution in [0.3, 0.4) is 0 Å². The van der Waals surface area contributed by atoms with Crippen molar-refractivity contribution in [1.29, 1.82) is 0 Å². The third-order valence-corrected chi connectivity index (χ3v) is 8.02. The van der Waals surface area contributed by atoms with Crippen molar-refractivity contribution in [2.24, 2.45) is 4.76 Å². The van der Waals surface area contributed by atoms with Crippen molar-refractivity contribution >= 4 is 24.1 Å². The van der Waals surface area contributed by atoms with Gasteiger partial charge in [0.15, 0.2) is 0 Å². The first-order chi connectivity index (χ1) is 14.6. The van der Waals surface area contributed by atoms with Crippen molar-refractivity contribution in [3.8, 4) is 11.1 Å². The third-order valence-electron chi connectivity index (χ3n) is 5.27. The van der Waals surface area contributed by atoms with Gasteiger partial charge in [-0.25, -0.2) is 4.76 Å². The van der Waals surface area contributed by atoms with Crippen molar-refractivity contribution in [1.82, 2.24) is 0 Å². The minimum Gasteiger partial charge on any atom is -0.288 e. The van der Waals surface area contributed by atoms with Crippen molar-refractivity contribution in [3.63, 3.8) is 0 Å². The molecule has 0 N–H and O–H groups in total. The van der Waals surface area contributed by atoms with Gasteiger partial charge in [0.1, 0.15) is 0 Å². The summed E-state index contributed by atoms with van der Waals surface area (Å²) in [5.41, 5.74) is 5.22. The second-order valence-electron chi connectivity index (χ2n) is 7.38. The highest BCUT2D eigenvalue weighted by atomic mass is 31.2. The highest BCUT2D eigenvalue weighted by Gasteiger charge is 2.29. The first-order valence-corrected chi connectivity index (χ1v) is 11.7. The van der Waals surface area contributed by atoms with Crippen LogP contribution in [-0.2, 0) is 4.57 Å². The zero-order valence-corrected chi connectivity index (χ0v) is 18.1. The fourth-order valence-corrected chi connectivity index (χ4v) is 6.09. The monoisotopic (exact) mass is 409 g/mol. The molecule has 0 spiro atoms. The number of aryl methyl sites for hydroxylation is 2. The van der Waals surface area contributed by atoms with Gasteiger partial charge in [0.25, 0.3) is 0 Å². The first-order valence-electron chi connectivity index (χ1n) is 10.0. The Morgan fingerprint density at radius 2 is 1.07 bits per heavy atom. The minimum absolute atomic E-state index is 0.788. The topological polar surface area (TPSA) is 29.4 Å². The van der Waals surface area contributed by atoms with Crippen LogP contribution in [0.25, 0.3) is 11.1 Å². The lowest BCUT2D eigenvalue weighted by Gasteiger charge is -2.18. The molecular formula is C27H24NOP. The summed E-state index contributed by atoms with van der Waals surface area (Å²) < 4.78 is 19.0. The van der Waals surface area contributed by atoms with Crippen molar-refractivity contribution < 1.29 is 4.57 Å². The van der Waals surface area contributed by atoms with Crippen LogP contribution in [0.2, 0.25) is 0 Å². The molecular weight excluding hydrogens is 385 g/mol. The molecule has 0 saturated heterocycles. The molecule has 0 bridgehead atoms. The Balaban J connectivity index is 1.74. The van der Waals surface area contributed by atoms with E-state index < -0.39 is 7.29 Å². The summed E-state index contributed by atoms with van der Waals surface area (Å²) in [7, 11) is -3.17. The minimum atomic E-state index is -3.17.